The van der Waals surface area contributed by atoms with E-state index >= 15 is 0 Å². The number of amides is 2. The number of benzene rings is 1. The van der Waals surface area contributed by atoms with Crippen molar-refractivity contribution in [2.45, 2.75) is 25.4 Å². The van der Waals surface area contributed by atoms with Gasteiger partial charge in [-0.05, 0) is 37.2 Å². The Labute approximate surface area is 157 Å². The number of likely N-dealkylation sites (N-methyl/N-ethyl adjacent to an activating group) is 2. The van der Waals surface area contributed by atoms with Gasteiger partial charge in [0.25, 0.3) is 5.91 Å². The molecule has 6 nitrogen and oxygen atoms in total. The zero-order valence-electron chi connectivity index (χ0n) is 14.7. The van der Waals surface area contributed by atoms with E-state index in [-0.39, 0.29) is 18.4 Å². The Balaban J connectivity index is 1.71. The molecule has 1 saturated carbocycles. The third-order valence-electron chi connectivity index (χ3n) is 4.83. The van der Waals surface area contributed by atoms with Crippen molar-refractivity contribution in [1.29, 1.82) is 0 Å². The number of hydrogen-bond donors (Lipinski definition) is 1. The van der Waals surface area contributed by atoms with E-state index in [9.17, 15) is 9.59 Å². The number of nitrogens with zero attached hydrogens (tertiary/aromatic N) is 3. The van der Waals surface area contributed by atoms with Crippen molar-refractivity contribution in [3.8, 4) is 0 Å². The molecule has 0 spiro atoms. The molecular weight excluding hydrogens is 348 g/mol. The lowest BCUT2D eigenvalue weighted by molar-refractivity contribution is -0.122. The molecule has 26 heavy (non-hydrogen) atoms. The summed E-state index contributed by atoms with van der Waals surface area (Å²) in [5.74, 6) is -0.108. The van der Waals surface area contributed by atoms with Gasteiger partial charge in [0.15, 0.2) is 5.11 Å². The molecule has 2 amide bonds. The van der Waals surface area contributed by atoms with Crippen molar-refractivity contribution in [2.24, 2.45) is 0 Å². The van der Waals surface area contributed by atoms with Crippen molar-refractivity contribution >= 4 is 46.1 Å². The Morgan fingerprint density at radius 3 is 2.65 bits per heavy atom. The summed E-state index contributed by atoms with van der Waals surface area (Å²) in [5.41, 5.74) is 2.39. The number of carbonyl (C=O) groups is 2. The van der Waals surface area contributed by atoms with Crippen LogP contribution < -0.4 is 5.32 Å². The molecule has 2 heterocycles. The van der Waals surface area contributed by atoms with E-state index in [1.807, 2.05) is 41.1 Å². The van der Waals surface area contributed by atoms with Crippen molar-refractivity contribution in [1.82, 2.24) is 19.7 Å². The highest BCUT2D eigenvalue weighted by atomic mass is 32.1. The summed E-state index contributed by atoms with van der Waals surface area (Å²) in [6.45, 7) is 0.266. The summed E-state index contributed by atoms with van der Waals surface area (Å²) in [4.78, 5) is 27.8. The number of hydrogen-bond acceptors (Lipinski definition) is 3. The molecule has 1 aliphatic carbocycles. The highest BCUT2D eigenvalue weighted by molar-refractivity contribution is 7.80. The third-order valence-corrected chi connectivity index (χ3v) is 5.37. The van der Waals surface area contributed by atoms with Gasteiger partial charge in [0, 0.05) is 42.8 Å². The van der Waals surface area contributed by atoms with Crippen LogP contribution in [0.1, 0.15) is 18.4 Å². The first-order valence-corrected chi connectivity index (χ1v) is 9.01. The molecule has 7 heteroatoms. The van der Waals surface area contributed by atoms with Gasteiger partial charge in [0.2, 0.25) is 5.91 Å². The lowest BCUT2D eigenvalue weighted by atomic mass is 10.1. The zero-order chi connectivity index (χ0) is 18.4. The summed E-state index contributed by atoms with van der Waals surface area (Å²) < 4.78 is 1.93. The monoisotopic (exact) mass is 368 g/mol. The first-order valence-electron chi connectivity index (χ1n) is 8.60. The fraction of sp³-hybridized carbons (Fsp3) is 0.316. The van der Waals surface area contributed by atoms with E-state index in [0.29, 0.717) is 16.9 Å². The average Bonchev–Trinajstić information content (AvgIpc) is 3.35. The summed E-state index contributed by atoms with van der Waals surface area (Å²) in [6, 6.07) is 8.23. The van der Waals surface area contributed by atoms with E-state index in [1.54, 1.807) is 19.0 Å². The Morgan fingerprint density at radius 2 is 2.00 bits per heavy atom. The molecule has 1 aromatic heterocycles. The van der Waals surface area contributed by atoms with E-state index in [1.165, 1.54) is 4.90 Å². The fourth-order valence-electron chi connectivity index (χ4n) is 3.21. The van der Waals surface area contributed by atoms with Gasteiger partial charge < -0.3 is 14.8 Å². The van der Waals surface area contributed by atoms with Crippen LogP contribution in [-0.2, 0) is 16.1 Å². The Hall–Kier alpha value is -2.67. The quantitative estimate of drug-likeness (QED) is 0.662. The van der Waals surface area contributed by atoms with Crippen molar-refractivity contribution in [3.05, 3.63) is 41.7 Å². The van der Waals surface area contributed by atoms with Crippen LogP contribution in [0.5, 0.6) is 0 Å². The van der Waals surface area contributed by atoms with Crippen LogP contribution in [0, 0.1) is 0 Å². The molecule has 2 aromatic rings. The van der Waals surface area contributed by atoms with Crippen molar-refractivity contribution in [2.75, 3.05) is 14.1 Å². The van der Waals surface area contributed by atoms with Crippen LogP contribution in [0.15, 0.2) is 36.2 Å². The first kappa shape index (κ1) is 16.8. The van der Waals surface area contributed by atoms with Crippen molar-refractivity contribution < 1.29 is 9.59 Å². The van der Waals surface area contributed by atoms with Crippen LogP contribution in [0.25, 0.3) is 17.0 Å². The van der Waals surface area contributed by atoms with Gasteiger partial charge in [-0.3, -0.25) is 14.5 Å². The standard InChI is InChI=1S/C19H20N4O2S/c1-21-16(18(25)22(2)19(21)26)9-12-10-23(11-17(24)20-13-7-8-13)15-6-4-3-5-14(12)15/h3-6,9-10,13H,7-8,11H2,1-2H3,(H,20,24)/b16-9-. The third kappa shape index (κ3) is 2.88. The molecule has 4 rings (SSSR count). The molecular formula is C19H20N4O2S. The largest absolute Gasteiger partial charge is 0.352 e. The highest BCUT2D eigenvalue weighted by Crippen LogP contribution is 2.27. The van der Waals surface area contributed by atoms with Gasteiger partial charge in [-0.25, -0.2) is 0 Å². The van der Waals surface area contributed by atoms with Crippen LogP contribution in [0.2, 0.25) is 0 Å². The van der Waals surface area contributed by atoms with Gasteiger partial charge in [-0.1, -0.05) is 18.2 Å². The molecule has 0 unspecified atom stereocenters. The summed E-state index contributed by atoms with van der Waals surface area (Å²) in [5, 5.41) is 4.50. The van der Waals surface area contributed by atoms with E-state index in [2.05, 4.69) is 5.32 Å². The number of carbonyl (C=O) groups excluding carboxylic acids is 2. The van der Waals surface area contributed by atoms with Crippen molar-refractivity contribution in [3.63, 3.8) is 0 Å². The van der Waals surface area contributed by atoms with Gasteiger partial charge in [-0.15, -0.1) is 0 Å². The van der Waals surface area contributed by atoms with Crippen LogP contribution in [-0.4, -0.2) is 51.4 Å². The van der Waals surface area contributed by atoms with Gasteiger partial charge in [0.1, 0.15) is 12.2 Å². The van der Waals surface area contributed by atoms with E-state index in [0.717, 1.165) is 29.3 Å². The Bertz CT molecular complexity index is 958. The predicted molar refractivity (Wildman–Crippen MR) is 104 cm³/mol. The maximum absolute atomic E-state index is 12.4. The SMILES string of the molecule is CN1C(=O)/C(=C/c2cn(CC(=O)NC3CC3)c3ccccc23)N(C)C1=S. The van der Waals surface area contributed by atoms with Crippen LogP contribution >= 0.6 is 12.2 Å². The number of aromatic nitrogens is 1. The minimum atomic E-state index is -0.124. The van der Waals surface area contributed by atoms with Gasteiger partial charge in [0.05, 0.1) is 0 Å². The molecule has 0 atom stereocenters. The summed E-state index contributed by atoms with van der Waals surface area (Å²) in [6.07, 6.45) is 5.90. The average molecular weight is 368 g/mol. The Morgan fingerprint density at radius 1 is 1.27 bits per heavy atom. The second-order valence-corrected chi connectivity index (χ2v) is 7.17. The number of fused-ring (bicyclic) bond motifs is 1. The maximum Gasteiger partial charge on any atom is 0.276 e. The minimum absolute atomic E-state index is 0.0161. The molecule has 134 valence electrons. The zero-order valence-corrected chi connectivity index (χ0v) is 15.5. The van der Waals surface area contributed by atoms with Gasteiger partial charge in [-0.2, -0.15) is 0 Å². The predicted octanol–water partition coefficient (Wildman–Crippen LogP) is 1.95. The number of para-hydroxylation sites is 1. The molecule has 1 aliphatic heterocycles. The Kier molecular flexibility index (Phi) is 4.03. The van der Waals surface area contributed by atoms with Crippen LogP contribution in [0.4, 0.5) is 0 Å². The molecule has 1 saturated heterocycles. The van der Waals surface area contributed by atoms with Crippen LogP contribution in [0.3, 0.4) is 0 Å². The molecule has 2 aliphatic rings. The van der Waals surface area contributed by atoms with E-state index in [4.69, 9.17) is 12.2 Å². The molecule has 0 bridgehead atoms. The summed E-state index contributed by atoms with van der Waals surface area (Å²) in [7, 11) is 3.46. The number of rotatable bonds is 4. The summed E-state index contributed by atoms with van der Waals surface area (Å²) >= 11 is 5.27. The lowest BCUT2D eigenvalue weighted by Crippen LogP contribution is -2.29. The normalized spacial score (nSPS) is 19.1. The first-order chi connectivity index (χ1) is 12.5. The molecule has 1 N–H and O–H groups in total. The van der Waals surface area contributed by atoms with Gasteiger partial charge >= 0.3 is 0 Å². The number of nitrogens with one attached hydrogen (secondary N) is 1. The molecule has 2 fully saturated rings. The molecule has 0 radical (unpaired) electrons. The lowest BCUT2D eigenvalue weighted by Gasteiger charge is -2.10. The second-order valence-electron chi connectivity index (χ2n) is 6.81. The fourth-order valence-corrected chi connectivity index (χ4v) is 3.39. The molecule has 1 aromatic carbocycles. The van der Waals surface area contributed by atoms with E-state index < -0.39 is 0 Å². The minimum Gasteiger partial charge on any atom is -0.352 e. The second kappa shape index (κ2) is 6.25. The highest BCUT2D eigenvalue weighted by Gasteiger charge is 2.33. The smallest absolute Gasteiger partial charge is 0.276 e. The topological polar surface area (TPSA) is 57.6 Å². The number of thiocarbonyl (C=S) groups is 1. The maximum atomic E-state index is 12.4.